The first-order valence-electron chi connectivity index (χ1n) is 10.2. The second kappa shape index (κ2) is 17.5. The Bertz CT molecular complexity index is 1790. The van der Waals surface area contributed by atoms with Crippen molar-refractivity contribution >= 4 is 71.9 Å². The Morgan fingerprint density at radius 1 is 0.929 bits per heavy atom. The standard InChI is InChI=1S/C19H14N2O14S4.3K/c22-32-34-36-11-1-3-13-10(7-11)8-16(37-35-33-23)18-17(13)21-19(31-18)30-15-9-12(2-4-14(15)20-21)38(24,25)6-5-29-39(26,27)28;;;/h1-4,7-9,22-23H,5-6H2,(H,26,27,28);;;/q;3*+1/p-3. The average Bonchev–Trinajstić information content (AvgIpc) is 3.26. The van der Waals surface area contributed by atoms with Crippen LogP contribution in [-0.2, 0) is 43.2 Å². The van der Waals surface area contributed by atoms with Crippen LogP contribution in [0.2, 0.25) is 0 Å². The summed E-state index contributed by atoms with van der Waals surface area (Å²) in [6.45, 7) is -0.862. The summed E-state index contributed by atoms with van der Waals surface area (Å²) in [7, 11) is -9.12. The Kier molecular flexibility index (Phi) is 16.9. The van der Waals surface area contributed by atoms with E-state index in [0.29, 0.717) is 45.3 Å². The molecule has 4 aromatic rings. The summed E-state index contributed by atoms with van der Waals surface area (Å²) in [5.74, 6) is -0.783. The molecule has 1 aliphatic heterocycles. The van der Waals surface area contributed by atoms with Crippen LogP contribution in [0, 0.1) is 0 Å². The number of rotatable bonds is 11. The van der Waals surface area contributed by atoms with Crippen molar-refractivity contribution in [2.45, 2.75) is 14.7 Å². The first kappa shape index (κ1) is 40.4. The van der Waals surface area contributed by atoms with Crippen molar-refractivity contribution in [2.24, 2.45) is 0 Å². The summed E-state index contributed by atoms with van der Waals surface area (Å²) in [5.41, 5.74) is 5.26. The van der Waals surface area contributed by atoms with E-state index < -0.39 is 32.6 Å². The van der Waals surface area contributed by atoms with Crippen LogP contribution in [-0.4, -0.2) is 33.7 Å². The molecule has 1 aromatic heterocycles. The minimum atomic E-state index is -5.05. The molecule has 0 N–H and O–H groups in total. The molecule has 2 heterocycles. The number of nitrogens with zero attached hydrogens (tertiary/aromatic N) is 2. The number of ether oxygens (including phenoxy) is 1. The molecule has 23 heteroatoms. The molecule has 0 unspecified atom stereocenters. The number of fused-ring (bicyclic) bond motifs is 6. The van der Waals surface area contributed by atoms with Crippen molar-refractivity contribution < 1.29 is 223 Å². The summed E-state index contributed by atoms with van der Waals surface area (Å²) in [6.07, 6.45) is -0.174. The van der Waals surface area contributed by atoms with Gasteiger partial charge in [0.1, 0.15) is 5.75 Å². The normalized spacial score (nSPS) is 12.3. The van der Waals surface area contributed by atoms with Gasteiger partial charge in [-0.2, -0.15) is 13.3 Å². The van der Waals surface area contributed by atoms with Gasteiger partial charge in [0, 0.05) is 4.90 Å². The molecule has 16 nitrogen and oxygen atoms in total. The van der Waals surface area contributed by atoms with Crippen LogP contribution in [0.5, 0.6) is 11.8 Å². The van der Waals surface area contributed by atoms with E-state index in [1.165, 1.54) is 16.8 Å². The van der Waals surface area contributed by atoms with Gasteiger partial charge in [0.25, 0.3) is 5.52 Å². The molecular formula is C19H11K3N2O14S4. The molecule has 0 aliphatic carbocycles. The molecule has 0 saturated carbocycles. The monoisotopic (exact) mass is 736 g/mol. The van der Waals surface area contributed by atoms with Gasteiger partial charge in [0.05, 0.1) is 51.6 Å². The molecule has 0 spiro atoms. The summed E-state index contributed by atoms with van der Waals surface area (Å²) in [6, 6.07) is 10.3. The van der Waals surface area contributed by atoms with E-state index in [1.807, 2.05) is 0 Å². The number of hydrogen-bond acceptors (Lipinski definition) is 16. The van der Waals surface area contributed by atoms with E-state index >= 15 is 0 Å². The average molecular weight is 737 g/mol. The van der Waals surface area contributed by atoms with Crippen molar-refractivity contribution in [3.8, 4) is 11.8 Å². The Morgan fingerprint density at radius 3 is 2.33 bits per heavy atom. The molecule has 42 heavy (non-hydrogen) atoms. The van der Waals surface area contributed by atoms with Gasteiger partial charge in [-0.15, -0.1) is 0 Å². The van der Waals surface area contributed by atoms with Crippen LogP contribution in [0.1, 0.15) is 0 Å². The van der Waals surface area contributed by atoms with Crippen molar-refractivity contribution in [1.29, 1.82) is 0 Å². The van der Waals surface area contributed by atoms with Crippen LogP contribution in [0.15, 0.2) is 61.6 Å². The van der Waals surface area contributed by atoms with Crippen molar-refractivity contribution in [1.82, 2.24) is 0 Å². The SMILES string of the molecule is O=S(=O)([O-])OCCS(=O)(=O)c1ccc2c(c1)Oc1oc3c(SOO[O-])cc4cc(SOO[O-])ccc4c3[n+]1[N-]2.[K+].[K+].[K+]. The number of hydrogen-bond donors (Lipinski definition) is 0. The zero-order chi connectivity index (χ0) is 27.8. The number of benzene rings is 3. The number of aromatic nitrogens is 1. The Hall–Kier alpha value is 2.18. The molecule has 0 radical (unpaired) electrons. The molecule has 1 aliphatic rings. The van der Waals surface area contributed by atoms with Gasteiger partial charge in [-0.1, -0.05) is 6.07 Å². The zero-order valence-electron chi connectivity index (χ0n) is 21.7. The van der Waals surface area contributed by atoms with Crippen molar-refractivity contribution in [3.05, 3.63) is 47.9 Å². The third kappa shape index (κ3) is 9.63. The maximum absolute atomic E-state index is 12.6. The van der Waals surface area contributed by atoms with Crippen molar-refractivity contribution in [3.63, 3.8) is 0 Å². The van der Waals surface area contributed by atoms with Crippen LogP contribution in [0.3, 0.4) is 0 Å². The zero-order valence-corrected chi connectivity index (χ0v) is 34.3. The summed E-state index contributed by atoms with van der Waals surface area (Å²) in [5, 5.41) is 28.6. The van der Waals surface area contributed by atoms with Crippen LogP contribution >= 0.6 is 24.1 Å². The molecule has 3 aromatic carbocycles. The summed E-state index contributed by atoms with van der Waals surface area (Å²) in [4.78, 5) is 0.533. The van der Waals surface area contributed by atoms with Gasteiger partial charge in [-0.3, -0.25) is 14.3 Å². The van der Waals surface area contributed by atoms with E-state index in [2.05, 4.69) is 28.4 Å². The molecular weight excluding hydrogens is 726 g/mol. The predicted molar refractivity (Wildman–Crippen MR) is 123 cm³/mol. The van der Waals surface area contributed by atoms with E-state index in [4.69, 9.17) is 9.15 Å². The van der Waals surface area contributed by atoms with E-state index in [0.717, 1.165) is 6.07 Å². The van der Waals surface area contributed by atoms with Crippen LogP contribution in [0.4, 0.5) is 5.69 Å². The summed E-state index contributed by atoms with van der Waals surface area (Å²) >= 11 is 1.21. The quantitative estimate of drug-likeness (QED) is 0.0234. The van der Waals surface area contributed by atoms with E-state index in [-0.39, 0.29) is 187 Å². The molecule has 0 bridgehead atoms. The minimum absolute atomic E-state index is 0. The summed E-state index contributed by atoms with van der Waals surface area (Å²) < 4.78 is 82.7. The van der Waals surface area contributed by atoms with Crippen molar-refractivity contribution in [2.75, 3.05) is 12.4 Å². The Labute approximate surface area is 373 Å². The third-order valence-corrected chi connectivity index (χ3v) is 8.47. The largest absolute Gasteiger partial charge is 1.00 e. The van der Waals surface area contributed by atoms with Gasteiger partial charge in [-0.05, 0) is 47.5 Å². The number of oxazole rings is 1. The molecule has 5 rings (SSSR count). The Morgan fingerprint density at radius 2 is 1.64 bits per heavy atom. The second-order valence-corrected chi connectivity index (χ2v) is 12.1. The fourth-order valence-corrected chi connectivity index (χ4v) is 6.03. The topological polar surface area (TPSA) is 224 Å². The van der Waals surface area contributed by atoms with E-state index in [1.54, 1.807) is 24.3 Å². The van der Waals surface area contributed by atoms with E-state index in [9.17, 15) is 31.9 Å². The maximum Gasteiger partial charge on any atom is 1.00 e. The third-order valence-electron chi connectivity index (χ3n) is 5.16. The molecule has 0 amide bonds. The fraction of sp³-hybridized carbons (Fsp3) is 0.105. The van der Waals surface area contributed by atoms with Gasteiger partial charge in [-0.25, -0.2) is 16.8 Å². The molecule has 0 atom stereocenters. The second-order valence-electron chi connectivity index (χ2n) is 7.43. The Balaban J connectivity index is 0.00000205. The first-order valence-corrected chi connectivity index (χ1v) is 14.6. The number of sulfone groups is 1. The fourth-order valence-electron chi connectivity index (χ4n) is 3.64. The van der Waals surface area contributed by atoms with Gasteiger partial charge < -0.3 is 29.6 Å². The molecule has 0 saturated heterocycles. The predicted octanol–water partition coefficient (Wildman–Crippen LogP) is -7.83. The smallest absolute Gasteiger partial charge is 0.726 e. The molecule has 0 fully saturated rings. The van der Waals surface area contributed by atoms with Crippen LogP contribution < -0.4 is 174 Å². The molecule has 208 valence electrons. The van der Waals surface area contributed by atoms with Crippen LogP contribution in [0.25, 0.3) is 27.3 Å². The first-order chi connectivity index (χ1) is 18.6. The van der Waals surface area contributed by atoms with Gasteiger partial charge >= 0.3 is 160 Å². The van der Waals surface area contributed by atoms with Gasteiger partial charge in [0.2, 0.25) is 16.0 Å². The minimum Gasteiger partial charge on any atom is -0.726 e. The maximum atomic E-state index is 12.6. The van der Waals surface area contributed by atoms with Gasteiger partial charge in [0.15, 0.2) is 9.84 Å².